The minimum absolute atomic E-state index is 0.0165. The van der Waals surface area contributed by atoms with E-state index in [-0.39, 0.29) is 17.7 Å². The summed E-state index contributed by atoms with van der Waals surface area (Å²) < 4.78 is 0.881. The van der Waals surface area contributed by atoms with E-state index in [1.165, 1.54) is 0 Å². The van der Waals surface area contributed by atoms with Gasteiger partial charge in [-0.05, 0) is 40.9 Å². The van der Waals surface area contributed by atoms with Crippen LogP contribution in [-0.2, 0) is 9.59 Å². The molecular formula is C14H15BrN2O2. The predicted molar refractivity (Wildman–Crippen MR) is 75.8 cm³/mol. The Balaban J connectivity index is 1.72. The summed E-state index contributed by atoms with van der Waals surface area (Å²) in [5, 5.41) is 2.97. The van der Waals surface area contributed by atoms with E-state index in [0.717, 1.165) is 23.0 Å². The molecular weight excluding hydrogens is 308 g/mol. The van der Waals surface area contributed by atoms with Crippen LogP contribution in [0.3, 0.4) is 0 Å². The van der Waals surface area contributed by atoms with Crippen LogP contribution < -0.4 is 10.2 Å². The molecule has 1 unspecified atom stereocenters. The Labute approximate surface area is 120 Å². The highest BCUT2D eigenvalue weighted by molar-refractivity contribution is 9.10. The topological polar surface area (TPSA) is 49.4 Å². The Morgan fingerprint density at radius 1 is 1.32 bits per heavy atom. The molecule has 1 aromatic carbocycles. The monoisotopic (exact) mass is 322 g/mol. The molecule has 0 spiro atoms. The van der Waals surface area contributed by atoms with Crippen molar-refractivity contribution in [2.75, 3.05) is 11.4 Å². The minimum atomic E-state index is -0.222. The first kappa shape index (κ1) is 12.7. The maximum atomic E-state index is 12.1. The van der Waals surface area contributed by atoms with Gasteiger partial charge in [-0.15, -0.1) is 0 Å². The van der Waals surface area contributed by atoms with Crippen LogP contribution in [0.25, 0.3) is 0 Å². The second-order valence-corrected chi connectivity index (χ2v) is 5.99. The number of hydrogen-bond acceptors (Lipinski definition) is 2. The Bertz CT molecular complexity index is 528. The lowest BCUT2D eigenvalue weighted by Crippen LogP contribution is -2.34. The van der Waals surface area contributed by atoms with Crippen molar-refractivity contribution in [3.63, 3.8) is 0 Å². The number of nitrogens with zero attached hydrogens (tertiary/aromatic N) is 1. The second kappa shape index (κ2) is 4.96. The quantitative estimate of drug-likeness (QED) is 0.926. The minimum Gasteiger partial charge on any atom is -0.353 e. The molecule has 1 saturated heterocycles. The van der Waals surface area contributed by atoms with E-state index in [2.05, 4.69) is 21.2 Å². The van der Waals surface area contributed by atoms with Crippen molar-refractivity contribution in [2.24, 2.45) is 5.92 Å². The Hall–Kier alpha value is -1.36. The number of benzene rings is 1. The van der Waals surface area contributed by atoms with Crippen LogP contribution in [0.5, 0.6) is 0 Å². The molecule has 3 rings (SSSR count). The second-order valence-electron chi connectivity index (χ2n) is 5.14. The first-order chi connectivity index (χ1) is 9.15. The summed E-state index contributed by atoms with van der Waals surface area (Å²) in [4.78, 5) is 25.8. The third-order valence-electron chi connectivity index (χ3n) is 3.56. The molecule has 1 saturated carbocycles. The fraction of sp³-hybridized carbons (Fsp3) is 0.429. The van der Waals surface area contributed by atoms with E-state index in [1.54, 1.807) is 4.90 Å². The van der Waals surface area contributed by atoms with E-state index in [9.17, 15) is 9.59 Å². The fourth-order valence-corrected chi connectivity index (χ4v) is 2.83. The van der Waals surface area contributed by atoms with Crippen molar-refractivity contribution in [1.29, 1.82) is 0 Å². The molecule has 2 fully saturated rings. The SMILES string of the molecule is O=C(NC1CC1)C1CC(=O)N(c2ccccc2Br)C1. The van der Waals surface area contributed by atoms with E-state index < -0.39 is 0 Å². The molecule has 2 aliphatic rings. The number of rotatable bonds is 3. The number of carbonyl (C=O) groups excluding carboxylic acids is 2. The van der Waals surface area contributed by atoms with Gasteiger partial charge >= 0.3 is 0 Å². The van der Waals surface area contributed by atoms with Crippen LogP contribution in [0.2, 0.25) is 0 Å². The van der Waals surface area contributed by atoms with Gasteiger partial charge in [0.2, 0.25) is 11.8 Å². The number of nitrogens with one attached hydrogen (secondary N) is 1. The molecule has 0 aromatic heterocycles. The number of para-hydroxylation sites is 1. The van der Waals surface area contributed by atoms with E-state index in [1.807, 2.05) is 24.3 Å². The molecule has 1 aliphatic carbocycles. The summed E-state index contributed by atoms with van der Waals surface area (Å²) >= 11 is 3.45. The molecule has 5 heteroatoms. The first-order valence-electron chi connectivity index (χ1n) is 6.50. The van der Waals surface area contributed by atoms with Gasteiger partial charge in [0.1, 0.15) is 0 Å². The van der Waals surface area contributed by atoms with Crippen molar-refractivity contribution in [1.82, 2.24) is 5.32 Å². The summed E-state index contributed by atoms with van der Waals surface area (Å²) in [5.41, 5.74) is 0.842. The van der Waals surface area contributed by atoms with E-state index in [0.29, 0.717) is 19.0 Å². The van der Waals surface area contributed by atoms with Crippen LogP contribution in [0, 0.1) is 5.92 Å². The summed E-state index contributed by atoms with van der Waals surface area (Å²) in [6, 6.07) is 7.94. The van der Waals surface area contributed by atoms with Crippen LogP contribution in [0.4, 0.5) is 5.69 Å². The van der Waals surface area contributed by atoms with Crippen molar-refractivity contribution >= 4 is 33.4 Å². The molecule has 1 atom stereocenters. The molecule has 1 aliphatic heterocycles. The lowest BCUT2D eigenvalue weighted by Gasteiger charge is -2.18. The summed E-state index contributed by atoms with van der Waals surface area (Å²) in [7, 11) is 0. The number of amides is 2. The zero-order valence-corrected chi connectivity index (χ0v) is 12.0. The maximum absolute atomic E-state index is 12.1. The lowest BCUT2D eigenvalue weighted by atomic mass is 10.1. The summed E-state index contributed by atoms with van der Waals surface area (Å²) in [6.07, 6.45) is 2.45. The van der Waals surface area contributed by atoms with Crippen LogP contribution >= 0.6 is 15.9 Å². The molecule has 1 heterocycles. The number of carbonyl (C=O) groups is 2. The van der Waals surface area contributed by atoms with Crippen molar-refractivity contribution in [2.45, 2.75) is 25.3 Å². The Morgan fingerprint density at radius 2 is 2.05 bits per heavy atom. The fourth-order valence-electron chi connectivity index (χ4n) is 2.33. The molecule has 0 bridgehead atoms. The van der Waals surface area contributed by atoms with Crippen molar-refractivity contribution in [3.05, 3.63) is 28.7 Å². The number of halogens is 1. The van der Waals surface area contributed by atoms with Crippen LogP contribution in [-0.4, -0.2) is 24.4 Å². The highest BCUT2D eigenvalue weighted by atomic mass is 79.9. The van der Waals surface area contributed by atoms with Gasteiger partial charge in [-0.3, -0.25) is 9.59 Å². The van der Waals surface area contributed by atoms with Gasteiger partial charge in [0.15, 0.2) is 0 Å². The average Bonchev–Trinajstić information content (AvgIpc) is 3.11. The van der Waals surface area contributed by atoms with Gasteiger partial charge < -0.3 is 10.2 Å². The van der Waals surface area contributed by atoms with Crippen molar-refractivity contribution < 1.29 is 9.59 Å². The molecule has 1 aromatic rings. The zero-order chi connectivity index (χ0) is 13.4. The Morgan fingerprint density at radius 3 is 2.74 bits per heavy atom. The molecule has 0 radical (unpaired) electrons. The van der Waals surface area contributed by atoms with Crippen molar-refractivity contribution in [3.8, 4) is 0 Å². The standard InChI is InChI=1S/C14H15BrN2O2/c15-11-3-1-2-4-12(11)17-8-9(7-13(17)18)14(19)16-10-5-6-10/h1-4,9-10H,5-8H2,(H,16,19). The van der Waals surface area contributed by atoms with Gasteiger partial charge in [0.05, 0.1) is 11.6 Å². The summed E-state index contributed by atoms with van der Waals surface area (Å²) in [6.45, 7) is 0.472. The van der Waals surface area contributed by atoms with Crippen LogP contribution in [0.15, 0.2) is 28.7 Å². The largest absolute Gasteiger partial charge is 0.353 e. The van der Waals surface area contributed by atoms with Gasteiger partial charge in [0, 0.05) is 23.5 Å². The highest BCUT2D eigenvalue weighted by Gasteiger charge is 2.37. The Kier molecular flexibility index (Phi) is 3.31. The highest BCUT2D eigenvalue weighted by Crippen LogP contribution is 2.31. The van der Waals surface area contributed by atoms with Crippen LogP contribution in [0.1, 0.15) is 19.3 Å². The number of hydrogen-bond donors (Lipinski definition) is 1. The smallest absolute Gasteiger partial charge is 0.227 e. The molecule has 2 amide bonds. The van der Waals surface area contributed by atoms with E-state index >= 15 is 0 Å². The molecule has 100 valence electrons. The van der Waals surface area contributed by atoms with E-state index in [4.69, 9.17) is 0 Å². The maximum Gasteiger partial charge on any atom is 0.227 e. The predicted octanol–water partition coefficient (Wildman–Crippen LogP) is 2.08. The molecule has 4 nitrogen and oxygen atoms in total. The third-order valence-corrected chi connectivity index (χ3v) is 4.23. The first-order valence-corrected chi connectivity index (χ1v) is 7.29. The third kappa shape index (κ3) is 2.66. The van der Waals surface area contributed by atoms with Gasteiger partial charge in [-0.2, -0.15) is 0 Å². The summed E-state index contributed by atoms with van der Waals surface area (Å²) in [5.74, 6) is -0.187. The average molecular weight is 323 g/mol. The normalized spacial score (nSPS) is 22.7. The van der Waals surface area contributed by atoms with Gasteiger partial charge in [0.25, 0.3) is 0 Å². The molecule has 1 N–H and O–H groups in total. The van der Waals surface area contributed by atoms with Gasteiger partial charge in [-0.25, -0.2) is 0 Å². The lowest BCUT2D eigenvalue weighted by molar-refractivity contribution is -0.126. The number of anilines is 1. The zero-order valence-electron chi connectivity index (χ0n) is 10.4. The van der Waals surface area contributed by atoms with Gasteiger partial charge in [-0.1, -0.05) is 12.1 Å². The molecule has 19 heavy (non-hydrogen) atoms.